The van der Waals surface area contributed by atoms with Gasteiger partial charge in [-0.05, 0) is 36.3 Å². The minimum atomic E-state index is 0.320. The molecule has 1 aliphatic rings. The van der Waals surface area contributed by atoms with Crippen molar-refractivity contribution in [1.29, 1.82) is 0 Å². The van der Waals surface area contributed by atoms with E-state index < -0.39 is 0 Å². The summed E-state index contributed by atoms with van der Waals surface area (Å²) in [6.07, 6.45) is 5.16. The molecule has 0 radical (unpaired) electrons. The zero-order chi connectivity index (χ0) is 15.0. The Hall–Kier alpha value is -0.800. The molecule has 2 nitrogen and oxygen atoms in total. The van der Waals surface area contributed by atoms with E-state index >= 15 is 0 Å². The Morgan fingerprint density at radius 3 is 2.76 bits per heavy atom. The third-order valence-electron chi connectivity index (χ3n) is 4.66. The number of nitrogens with one attached hydrogen (secondary N) is 1. The number of halogens is 1. The number of benzene rings is 1. The lowest BCUT2D eigenvalue weighted by Gasteiger charge is -2.41. The van der Waals surface area contributed by atoms with Gasteiger partial charge in [-0.3, -0.25) is 0 Å². The number of rotatable bonds is 2. The highest BCUT2D eigenvalue weighted by Gasteiger charge is 2.34. The van der Waals surface area contributed by atoms with Gasteiger partial charge in [0.25, 0.3) is 0 Å². The smallest absolute Gasteiger partial charge is 0.106 e. The van der Waals surface area contributed by atoms with Gasteiger partial charge in [0.1, 0.15) is 5.52 Å². The van der Waals surface area contributed by atoms with Gasteiger partial charge in [0.15, 0.2) is 0 Å². The molecule has 114 valence electrons. The summed E-state index contributed by atoms with van der Waals surface area (Å²) in [5.41, 5.74) is 4.26. The van der Waals surface area contributed by atoms with Gasteiger partial charge in [-0.1, -0.05) is 45.2 Å². The summed E-state index contributed by atoms with van der Waals surface area (Å²) >= 11 is 8.11. The number of anilines is 1. The molecule has 0 amide bonds. The number of nitrogens with zero attached hydrogens (tertiary/aromatic N) is 1. The minimum absolute atomic E-state index is 0.320. The molecular weight excluding hydrogens is 300 g/mol. The van der Waals surface area contributed by atoms with E-state index in [0.29, 0.717) is 17.4 Å². The third kappa shape index (κ3) is 3.04. The molecule has 1 heterocycles. The van der Waals surface area contributed by atoms with Crippen molar-refractivity contribution in [3.05, 3.63) is 22.7 Å². The maximum absolute atomic E-state index is 6.44. The lowest BCUT2D eigenvalue weighted by Crippen LogP contribution is -2.39. The molecule has 0 saturated heterocycles. The fraction of sp³-hybridized carbons (Fsp3) is 0.588. The topological polar surface area (TPSA) is 24.9 Å². The van der Waals surface area contributed by atoms with Crippen molar-refractivity contribution in [1.82, 2.24) is 4.98 Å². The average Bonchev–Trinajstić information content (AvgIpc) is 2.90. The minimum Gasteiger partial charge on any atom is -0.379 e. The number of hydrogen-bond donors (Lipinski definition) is 1. The largest absolute Gasteiger partial charge is 0.379 e. The molecule has 1 saturated carbocycles. The molecule has 1 N–H and O–H groups in total. The third-order valence-corrected chi connectivity index (χ3v) is 5.77. The second kappa shape index (κ2) is 5.77. The summed E-state index contributed by atoms with van der Waals surface area (Å²) in [4.78, 5) is 4.50. The van der Waals surface area contributed by atoms with E-state index in [0.717, 1.165) is 16.2 Å². The van der Waals surface area contributed by atoms with Crippen molar-refractivity contribution in [3.8, 4) is 0 Å². The normalized spacial score (nSPS) is 23.4. The van der Waals surface area contributed by atoms with Crippen LogP contribution in [0.3, 0.4) is 0 Å². The van der Waals surface area contributed by atoms with Gasteiger partial charge in [0, 0.05) is 6.04 Å². The Bertz CT molecular complexity index is 629. The number of fused-ring (bicyclic) bond motifs is 1. The summed E-state index contributed by atoms with van der Waals surface area (Å²) in [6, 6.07) is 4.53. The predicted molar refractivity (Wildman–Crippen MR) is 93.5 cm³/mol. The van der Waals surface area contributed by atoms with Gasteiger partial charge in [-0.25, -0.2) is 4.98 Å². The molecule has 1 aromatic carbocycles. The number of aromatic nitrogens is 1. The van der Waals surface area contributed by atoms with Gasteiger partial charge in [-0.15, -0.1) is 11.3 Å². The Balaban J connectivity index is 1.93. The molecular formula is C17H23ClN2S. The highest BCUT2D eigenvalue weighted by atomic mass is 35.5. The van der Waals surface area contributed by atoms with Crippen LogP contribution in [-0.2, 0) is 0 Å². The fourth-order valence-corrected chi connectivity index (χ4v) is 4.46. The maximum atomic E-state index is 6.44. The molecule has 3 rings (SSSR count). The van der Waals surface area contributed by atoms with Gasteiger partial charge < -0.3 is 5.32 Å². The Morgan fingerprint density at radius 2 is 2.00 bits per heavy atom. The van der Waals surface area contributed by atoms with Crippen LogP contribution in [0.15, 0.2) is 17.6 Å². The van der Waals surface area contributed by atoms with Crippen LogP contribution >= 0.6 is 22.9 Å². The van der Waals surface area contributed by atoms with E-state index in [2.05, 4.69) is 37.1 Å². The van der Waals surface area contributed by atoms with Crippen molar-refractivity contribution in [2.75, 3.05) is 5.32 Å². The Morgan fingerprint density at radius 1 is 1.24 bits per heavy atom. The second-order valence-electron chi connectivity index (χ2n) is 7.13. The molecule has 0 spiro atoms. The van der Waals surface area contributed by atoms with Crippen molar-refractivity contribution in [2.45, 2.75) is 52.5 Å². The van der Waals surface area contributed by atoms with Crippen LogP contribution in [0.1, 0.15) is 46.5 Å². The molecule has 21 heavy (non-hydrogen) atoms. The highest BCUT2D eigenvalue weighted by molar-refractivity contribution is 7.16. The molecule has 1 fully saturated rings. The van der Waals surface area contributed by atoms with Gasteiger partial charge >= 0.3 is 0 Å². The Kier molecular flexibility index (Phi) is 4.15. The highest BCUT2D eigenvalue weighted by Crippen LogP contribution is 2.41. The fourth-order valence-electron chi connectivity index (χ4n) is 3.57. The van der Waals surface area contributed by atoms with Crippen LogP contribution in [0.2, 0.25) is 5.02 Å². The zero-order valence-corrected chi connectivity index (χ0v) is 14.5. The standard InChI is InChI=1S/C17H23ClN2S/c1-17(2,3)11-6-4-5-7-13(11)20-15-12(18)8-9-14-16(15)19-10-21-14/h8-11,13,20H,4-7H2,1-3H3. The van der Waals surface area contributed by atoms with Crippen LogP contribution in [0.5, 0.6) is 0 Å². The van der Waals surface area contributed by atoms with E-state index in [1.165, 1.54) is 30.4 Å². The van der Waals surface area contributed by atoms with Gasteiger partial charge in [0.05, 0.1) is 20.9 Å². The molecule has 2 atom stereocenters. The summed E-state index contributed by atoms with van der Waals surface area (Å²) in [7, 11) is 0. The van der Waals surface area contributed by atoms with Gasteiger partial charge in [0.2, 0.25) is 0 Å². The van der Waals surface area contributed by atoms with Crippen LogP contribution in [-0.4, -0.2) is 11.0 Å². The van der Waals surface area contributed by atoms with Crippen LogP contribution in [0.25, 0.3) is 10.2 Å². The maximum Gasteiger partial charge on any atom is 0.106 e. The number of hydrogen-bond acceptors (Lipinski definition) is 3. The van der Waals surface area contributed by atoms with Crippen LogP contribution in [0, 0.1) is 11.3 Å². The van der Waals surface area contributed by atoms with Crippen LogP contribution < -0.4 is 5.32 Å². The van der Waals surface area contributed by atoms with Crippen molar-refractivity contribution < 1.29 is 0 Å². The predicted octanol–water partition coefficient (Wildman–Crippen LogP) is 5.97. The summed E-state index contributed by atoms with van der Waals surface area (Å²) in [5.74, 6) is 0.677. The first-order valence-electron chi connectivity index (χ1n) is 7.75. The zero-order valence-electron chi connectivity index (χ0n) is 12.9. The molecule has 2 unspecified atom stereocenters. The first-order chi connectivity index (χ1) is 9.97. The molecule has 2 aromatic rings. The van der Waals surface area contributed by atoms with Crippen molar-refractivity contribution in [2.24, 2.45) is 11.3 Å². The van der Waals surface area contributed by atoms with E-state index in [1.54, 1.807) is 11.3 Å². The van der Waals surface area contributed by atoms with Crippen molar-refractivity contribution >= 4 is 38.8 Å². The molecule has 0 aliphatic heterocycles. The van der Waals surface area contributed by atoms with E-state index in [-0.39, 0.29) is 0 Å². The summed E-state index contributed by atoms with van der Waals surface area (Å²) < 4.78 is 1.20. The summed E-state index contributed by atoms with van der Waals surface area (Å²) in [5, 5.41) is 4.53. The second-order valence-corrected chi connectivity index (χ2v) is 8.42. The molecule has 1 aromatic heterocycles. The van der Waals surface area contributed by atoms with Crippen LogP contribution in [0.4, 0.5) is 5.69 Å². The lowest BCUT2D eigenvalue weighted by atomic mass is 9.69. The lowest BCUT2D eigenvalue weighted by molar-refractivity contribution is 0.163. The first kappa shape index (κ1) is 15.1. The monoisotopic (exact) mass is 322 g/mol. The SMILES string of the molecule is CC(C)(C)C1CCCCC1Nc1c(Cl)ccc2scnc12. The van der Waals surface area contributed by atoms with E-state index in [9.17, 15) is 0 Å². The molecule has 0 bridgehead atoms. The molecule has 1 aliphatic carbocycles. The van der Waals surface area contributed by atoms with Crippen molar-refractivity contribution in [3.63, 3.8) is 0 Å². The van der Waals surface area contributed by atoms with E-state index in [4.69, 9.17) is 11.6 Å². The Labute approximate surface area is 135 Å². The quantitative estimate of drug-likeness (QED) is 0.737. The first-order valence-corrected chi connectivity index (χ1v) is 9.01. The number of thiazole rings is 1. The van der Waals surface area contributed by atoms with E-state index in [1.807, 2.05) is 11.6 Å². The van der Waals surface area contributed by atoms with Gasteiger partial charge in [-0.2, -0.15) is 0 Å². The molecule has 4 heteroatoms. The average molecular weight is 323 g/mol. The summed E-state index contributed by atoms with van der Waals surface area (Å²) in [6.45, 7) is 7.05.